The lowest BCUT2D eigenvalue weighted by atomic mass is 9.65. The fourth-order valence-corrected chi connectivity index (χ4v) is 11.4. The molecule has 290 valence electrons. The van der Waals surface area contributed by atoms with Crippen molar-refractivity contribution in [3.8, 4) is 33.8 Å². The summed E-state index contributed by atoms with van der Waals surface area (Å²) in [5.74, 6) is 1.81. The van der Waals surface area contributed by atoms with Gasteiger partial charge in [0.1, 0.15) is 11.5 Å². The molecule has 0 aromatic heterocycles. The Kier molecular flexibility index (Phi) is 7.47. The maximum absolute atomic E-state index is 6.98. The topological polar surface area (TPSA) is 12.5 Å². The summed E-state index contributed by atoms with van der Waals surface area (Å²) in [5.41, 5.74) is 17.1. The van der Waals surface area contributed by atoms with E-state index in [4.69, 9.17) is 4.74 Å². The number of fused-ring (bicyclic) bond motifs is 14. The van der Waals surface area contributed by atoms with Crippen molar-refractivity contribution in [3.05, 3.63) is 281 Å². The molecule has 10 aromatic rings. The molecule has 2 aliphatic carbocycles. The minimum atomic E-state index is -0.617. The Balaban J connectivity index is 1.09. The van der Waals surface area contributed by atoms with Gasteiger partial charge in [-0.15, -0.1) is 0 Å². The molecule has 62 heavy (non-hydrogen) atoms. The Hall–Kier alpha value is -7.94. The quantitative estimate of drug-likeness (QED) is 0.172. The standard InChI is InChI=1S/C60H39NO/c1-4-19-41(20-5-1)59(42-21-6-2-7-22-42)51-28-14-12-26-47(51)49-35-33-44(38-55(49)59)61(43-23-8-3-9-24-43)45-34-36-50-48-27-13-15-29-52(48)60(56(50)39-45)53-30-16-17-31-57(53)62-58-46-25-11-10-18-40(46)32-37-54(58)60/h1-39H. The van der Waals surface area contributed by atoms with Crippen LogP contribution in [0.5, 0.6) is 11.5 Å². The minimum absolute atomic E-state index is 0.519. The van der Waals surface area contributed by atoms with Gasteiger partial charge in [0.05, 0.1) is 10.8 Å². The number of nitrogens with zero attached hydrogens (tertiary/aromatic N) is 1. The summed E-state index contributed by atoms with van der Waals surface area (Å²) < 4.78 is 6.98. The smallest absolute Gasteiger partial charge is 0.140 e. The van der Waals surface area contributed by atoms with Crippen molar-refractivity contribution < 1.29 is 4.74 Å². The maximum atomic E-state index is 6.98. The summed E-state index contributed by atoms with van der Waals surface area (Å²) in [4.78, 5) is 2.45. The zero-order valence-corrected chi connectivity index (χ0v) is 33.9. The van der Waals surface area contributed by atoms with E-state index >= 15 is 0 Å². The highest BCUT2D eigenvalue weighted by atomic mass is 16.5. The van der Waals surface area contributed by atoms with E-state index in [2.05, 4.69) is 241 Å². The molecule has 3 aliphatic rings. The summed E-state index contributed by atoms with van der Waals surface area (Å²) in [6.07, 6.45) is 0. The number of hydrogen-bond acceptors (Lipinski definition) is 2. The molecule has 2 heteroatoms. The van der Waals surface area contributed by atoms with E-state index in [1.165, 1.54) is 55.6 Å². The third-order valence-electron chi connectivity index (χ3n) is 13.8. The highest BCUT2D eigenvalue weighted by Crippen LogP contribution is 2.64. The molecular formula is C60H39NO. The van der Waals surface area contributed by atoms with Crippen LogP contribution in [0.4, 0.5) is 17.1 Å². The van der Waals surface area contributed by atoms with Crippen LogP contribution >= 0.6 is 0 Å². The zero-order chi connectivity index (χ0) is 40.8. The second-order valence-corrected chi connectivity index (χ2v) is 16.7. The molecule has 0 saturated heterocycles. The van der Waals surface area contributed by atoms with Crippen LogP contribution in [-0.2, 0) is 10.8 Å². The van der Waals surface area contributed by atoms with Gasteiger partial charge in [-0.3, -0.25) is 0 Å². The lowest BCUT2D eigenvalue weighted by Gasteiger charge is -2.40. The van der Waals surface area contributed by atoms with Crippen molar-refractivity contribution in [2.24, 2.45) is 0 Å². The molecule has 1 spiro atoms. The molecule has 0 bridgehead atoms. The van der Waals surface area contributed by atoms with Crippen LogP contribution in [0.25, 0.3) is 33.0 Å². The van der Waals surface area contributed by atoms with E-state index in [1.54, 1.807) is 0 Å². The lowest BCUT2D eigenvalue weighted by molar-refractivity contribution is 0.441. The summed E-state index contributed by atoms with van der Waals surface area (Å²) in [6.45, 7) is 0. The molecule has 1 aliphatic heterocycles. The van der Waals surface area contributed by atoms with Gasteiger partial charge in [-0.2, -0.15) is 0 Å². The Morgan fingerprint density at radius 1 is 0.306 bits per heavy atom. The first-order chi connectivity index (χ1) is 30.8. The van der Waals surface area contributed by atoms with Crippen LogP contribution in [0, 0.1) is 0 Å². The Labute approximate surface area is 361 Å². The van der Waals surface area contributed by atoms with Crippen LogP contribution in [0.2, 0.25) is 0 Å². The number of para-hydroxylation sites is 2. The summed E-state index contributed by atoms with van der Waals surface area (Å²) in [5, 5.41) is 2.28. The highest BCUT2D eigenvalue weighted by Gasteiger charge is 2.52. The first kappa shape index (κ1) is 34.9. The van der Waals surface area contributed by atoms with Crippen molar-refractivity contribution in [2.75, 3.05) is 4.90 Å². The average Bonchev–Trinajstić information content (AvgIpc) is 3.80. The van der Waals surface area contributed by atoms with Crippen molar-refractivity contribution in [1.82, 2.24) is 0 Å². The molecule has 0 fully saturated rings. The predicted molar refractivity (Wildman–Crippen MR) is 253 cm³/mol. The molecule has 10 aromatic carbocycles. The van der Waals surface area contributed by atoms with Gasteiger partial charge >= 0.3 is 0 Å². The summed E-state index contributed by atoms with van der Waals surface area (Å²) in [6, 6.07) is 87.0. The zero-order valence-electron chi connectivity index (χ0n) is 33.9. The van der Waals surface area contributed by atoms with E-state index in [0.29, 0.717) is 0 Å². The van der Waals surface area contributed by atoms with Gasteiger partial charge in [0.2, 0.25) is 0 Å². The van der Waals surface area contributed by atoms with E-state index < -0.39 is 10.8 Å². The number of anilines is 3. The second kappa shape index (κ2) is 13.3. The number of rotatable bonds is 5. The monoisotopic (exact) mass is 789 g/mol. The maximum Gasteiger partial charge on any atom is 0.140 e. The Bertz CT molecular complexity index is 3350. The van der Waals surface area contributed by atoms with Crippen LogP contribution in [0.1, 0.15) is 44.5 Å². The molecule has 0 saturated carbocycles. The first-order valence-electron chi connectivity index (χ1n) is 21.5. The van der Waals surface area contributed by atoms with Gasteiger partial charge in [-0.1, -0.05) is 194 Å². The fourth-order valence-electron chi connectivity index (χ4n) is 11.4. The molecular weight excluding hydrogens is 751 g/mol. The van der Waals surface area contributed by atoms with Gasteiger partial charge in [-0.25, -0.2) is 0 Å². The van der Waals surface area contributed by atoms with Crippen molar-refractivity contribution in [2.45, 2.75) is 10.8 Å². The molecule has 0 N–H and O–H groups in total. The Morgan fingerprint density at radius 2 is 0.790 bits per heavy atom. The molecule has 0 radical (unpaired) electrons. The van der Waals surface area contributed by atoms with Crippen molar-refractivity contribution >= 4 is 27.8 Å². The third kappa shape index (κ3) is 4.64. The molecule has 1 unspecified atom stereocenters. The third-order valence-corrected chi connectivity index (χ3v) is 13.8. The number of benzene rings is 10. The summed E-state index contributed by atoms with van der Waals surface area (Å²) in [7, 11) is 0. The second-order valence-electron chi connectivity index (χ2n) is 16.7. The molecule has 13 rings (SSSR count). The number of ether oxygens (including phenoxy) is 1. The molecule has 0 amide bonds. The van der Waals surface area contributed by atoms with Crippen molar-refractivity contribution in [3.63, 3.8) is 0 Å². The fraction of sp³-hybridized carbons (Fsp3) is 0.0333. The normalized spacial score (nSPS) is 15.7. The van der Waals surface area contributed by atoms with Gasteiger partial charge < -0.3 is 9.64 Å². The van der Waals surface area contributed by atoms with E-state index in [9.17, 15) is 0 Å². The van der Waals surface area contributed by atoms with Gasteiger partial charge in [0, 0.05) is 33.6 Å². The minimum Gasteiger partial charge on any atom is -0.456 e. The molecule has 1 atom stereocenters. The van der Waals surface area contributed by atoms with Crippen LogP contribution in [0.3, 0.4) is 0 Å². The summed E-state index contributed by atoms with van der Waals surface area (Å²) >= 11 is 0. The SMILES string of the molecule is c1ccc(N(c2ccc3c(c2)C(c2ccccc2)(c2ccccc2)c2ccccc2-3)c2ccc3c(c2)C2(c4ccccc4Oc4c2ccc2ccccc42)c2ccccc2-3)cc1. The van der Waals surface area contributed by atoms with Gasteiger partial charge in [-0.05, 0) is 103 Å². The van der Waals surface area contributed by atoms with E-state index in [1.807, 2.05) is 0 Å². The largest absolute Gasteiger partial charge is 0.456 e. The molecule has 1 heterocycles. The lowest BCUT2D eigenvalue weighted by Crippen LogP contribution is -2.32. The first-order valence-corrected chi connectivity index (χ1v) is 21.5. The van der Waals surface area contributed by atoms with E-state index in [0.717, 1.165) is 50.5 Å². The molecule has 2 nitrogen and oxygen atoms in total. The van der Waals surface area contributed by atoms with Crippen LogP contribution in [-0.4, -0.2) is 0 Å². The van der Waals surface area contributed by atoms with Crippen LogP contribution < -0.4 is 9.64 Å². The van der Waals surface area contributed by atoms with Crippen LogP contribution in [0.15, 0.2) is 237 Å². The Morgan fingerprint density at radius 3 is 1.44 bits per heavy atom. The van der Waals surface area contributed by atoms with Crippen molar-refractivity contribution in [1.29, 1.82) is 0 Å². The highest BCUT2D eigenvalue weighted by molar-refractivity contribution is 5.97. The van der Waals surface area contributed by atoms with Gasteiger partial charge in [0.15, 0.2) is 0 Å². The van der Waals surface area contributed by atoms with E-state index in [-0.39, 0.29) is 0 Å². The predicted octanol–water partition coefficient (Wildman–Crippen LogP) is 15.1. The number of hydrogen-bond donors (Lipinski definition) is 0. The van der Waals surface area contributed by atoms with Gasteiger partial charge in [0.25, 0.3) is 0 Å². The average molecular weight is 790 g/mol.